The molecule has 0 radical (unpaired) electrons. The summed E-state index contributed by atoms with van der Waals surface area (Å²) in [5, 5.41) is 3.57. The molecule has 1 N–H and O–H groups in total. The first-order valence-electron chi connectivity index (χ1n) is 13.2. The van der Waals surface area contributed by atoms with Crippen LogP contribution in [0.15, 0.2) is 70.5 Å². The van der Waals surface area contributed by atoms with Gasteiger partial charge in [-0.05, 0) is 86.3 Å². The van der Waals surface area contributed by atoms with E-state index in [1.54, 1.807) is 31.2 Å². The molecule has 5 rings (SSSR count). The predicted molar refractivity (Wildman–Crippen MR) is 159 cm³/mol. The molecule has 2 heterocycles. The number of amides is 1. The molecule has 3 aromatic rings. The summed E-state index contributed by atoms with van der Waals surface area (Å²) in [7, 11) is -7.80. The molecule has 1 fully saturated rings. The minimum absolute atomic E-state index is 0.00570. The van der Waals surface area contributed by atoms with E-state index in [1.165, 1.54) is 45.0 Å². The highest BCUT2D eigenvalue weighted by molar-refractivity contribution is 7.92. The van der Waals surface area contributed by atoms with E-state index in [4.69, 9.17) is 27.9 Å². The standard InChI is InChI=1S/C28H29Cl2N3O6S2/c1-2-39-26-12-8-22(30)16-27(26)41(37,38)32-14-3-4-20(18-32)28(34)31-23-9-5-19-13-15-33(25(19)17-23)40(35,36)24-10-6-21(29)7-11-24/h5-12,16-17,20H,2-4,13-15,18H2,1H3,(H,31,34)/t20-/m1/s1. The van der Waals surface area contributed by atoms with Gasteiger partial charge in [0, 0.05) is 35.4 Å². The van der Waals surface area contributed by atoms with Crippen LogP contribution in [0.2, 0.25) is 10.0 Å². The van der Waals surface area contributed by atoms with Crippen molar-refractivity contribution in [3.8, 4) is 5.75 Å². The van der Waals surface area contributed by atoms with Gasteiger partial charge < -0.3 is 10.1 Å². The van der Waals surface area contributed by atoms with Crippen molar-refractivity contribution in [2.75, 3.05) is 35.9 Å². The van der Waals surface area contributed by atoms with Gasteiger partial charge in [0.15, 0.2) is 0 Å². The number of halogens is 2. The molecule has 2 aliphatic rings. The molecule has 0 spiro atoms. The normalized spacial score (nSPS) is 17.7. The van der Waals surface area contributed by atoms with Gasteiger partial charge >= 0.3 is 0 Å². The number of carbonyl (C=O) groups excluding carboxylic acids is 1. The minimum atomic E-state index is -3.98. The van der Waals surface area contributed by atoms with E-state index in [9.17, 15) is 21.6 Å². The van der Waals surface area contributed by atoms with E-state index in [0.717, 1.165) is 5.56 Å². The molecule has 1 atom stereocenters. The van der Waals surface area contributed by atoms with Gasteiger partial charge in [-0.3, -0.25) is 9.10 Å². The summed E-state index contributed by atoms with van der Waals surface area (Å²) >= 11 is 12.0. The van der Waals surface area contributed by atoms with E-state index in [1.807, 2.05) is 0 Å². The number of ether oxygens (including phenoxy) is 1. The average Bonchev–Trinajstić information content (AvgIpc) is 3.38. The first-order chi connectivity index (χ1) is 19.5. The van der Waals surface area contributed by atoms with Crippen molar-refractivity contribution < 1.29 is 26.4 Å². The van der Waals surface area contributed by atoms with Gasteiger partial charge in [0.05, 0.1) is 23.1 Å². The third-order valence-electron chi connectivity index (χ3n) is 7.19. The van der Waals surface area contributed by atoms with E-state index >= 15 is 0 Å². The molecule has 9 nitrogen and oxygen atoms in total. The summed E-state index contributed by atoms with van der Waals surface area (Å²) in [6, 6.07) is 15.6. The molecule has 1 amide bonds. The van der Waals surface area contributed by atoms with E-state index in [0.29, 0.717) is 35.7 Å². The van der Waals surface area contributed by atoms with Crippen LogP contribution in [-0.4, -0.2) is 53.3 Å². The Bertz CT molecular complexity index is 1680. The smallest absolute Gasteiger partial charge is 0.264 e. The zero-order valence-corrected chi connectivity index (χ0v) is 25.4. The fraction of sp³-hybridized carbons (Fsp3) is 0.321. The zero-order valence-electron chi connectivity index (χ0n) is 22.2. The molecule has 41 heavy (non-hydrogen) atoms. The number of nitrogens with one attached hydrogen (secondary N) is 1. The second-order valence-corrected chi connectivity index (χ2v) is 14.5. The Morgan fingerprint density at radius 1 is 0.951 bits per heavy atom. The van der Waals surface area contributed by atoms with Crippen molar-refractivity contribution in [3.05, 3.63) is 76.3 Å². The molecule has 3 aromatic carbocycles. The lowest BCUT2D eigenvalue weighted by Gasteiger charge is -2.31. The lowest BCUT2D eigenvalue weighted by molar-refractivity contribution is -0.120. The number of piperidine rings is 1. The second kappa shape index (κ2) is 11.8. The Labute approximate surface area is 250 Å². The van der Waals surface area contributed by atoms with Crippen LogP contribution < -0.4 is 14.4 Å². The fourth-order valence-corrected chi connectivity index (χ4v) is 8.67. The summed E-state index contributed by atoms with van der Waals surface area (Å²) in [6.45, 7) is 2.58. The van der Waals surface area contributed by atoms with Gasteiger partial charge in [0.1, 0.15) is 10.6 Å². The van der Waals surface area contributed by atoms with Crippen molar-refractivity contribution >= 4 is 60.5 Å². The number of nitrogens with zero attached hydrogens (tertiary/aromatic N) is 2. The maximum absolute atomic E-state index is 13.5. The fourth-order valence-electron chi connectivity index (χ4n) is 5.13. The Morgan fingerprint density at radius 3 is 2.41 bits per heavy atom. The molecular formula is C28H29Cl2N3O6S2. The van der Waals surface area contributed by atoms with Crippen LogP contribution in [0.4, 0.5) is 11.4 Å². The summed E-state index contributed by atoms with van der Waals surface area (Å²) in [4.78, 5) is 13.4. The van der Waals surface area contributed by atoms with Crippen molar-refractivity contribution in [2.24, 2.45) is 5.92 Å². The van der Waals surface area contributed by atoms with Gasteiger partial charge in [-0.15, -0.1) is 0 Å². The van der Waals surface area contributed by atoms with Gasteiger partial charge in [0.2, 0.25) is 15.9 Å². The summed E-state index contributed by atoms with van der Waals surface area (Å²) in [6.07, 6.45) is 1.55. The molecule has 0 aliphatic carbocycles. The molecule has 1 saturated heterocycles. The minimum Gasteiger partial charge on any atom is -0.492 e. The number of anilines is 2. The number of fused-ring (bicyclic) bond motifs is 1. The topological polar surface area (TPSA) is 113 Å². The van der Waals surface area contributed by atoms with E-state index < -0.39 is 26.0 Å². The molecule has 218 valence electrons. The Kier molecular flexibility index (Phi) is 8.54. The van der Waals surface area contributed by atoms with Crippen LogP contribution in [-0.2, 0) is 31.3 Å². The number of hydrogen-bond acceptors (Lipinski definition) is 6. The molecule has 13 heteroatoms. The van der Waals surface area contributed by atoms with Gasteiger partial charge in [-0.25, -0.2) is 16.8 Å². The zero-order chi connectivity index (χ0) is 29.4. The highest BCUT2D eigenvalue weighted by atomic mass is 35.5. The SMILES string of the molecule is CCOc1ccc(Cl)cc1S(=O)(=O)N1CCC[C@@H](C(=O)Nc2ccc3c(c2)N(S(=O)(=O)c2ccc(Cl)cc2)CC3)C1. The largest absolute Gasteiger partial charge is 0.492 e. The first-order valence-corrected chi connectivity index (χ1v) is 16.8. The lowest BCUT2D eigenvalue weighted by atomic mass is 9.98. The Hall–Kier alpha value is -2.83. The monoisotopic (exact) mass is 637 g/mol. The van der Waals surface area contributed by atoms with Crippen molar-refractivity contribution in [1.82, 2.24) is 4.31 Å². The maximum atomic E-state index is 13.5. The Balaban J connectivity index is 1.33. The molecular weight excluding hydrogens is 609 g/mol. The van der Waals surface area contributed by atoms with Crippen molar-refractivity contribution in [1.29, 1.82) is 0 Å². The molecule has 2 aliphatic heterocycles. The van der Waals surface area contributed by atoms with Crippen LogP contribution in [0.3, 0.4) is 0 Å². The number of benzene rings is 3. The number of carbonyl (C=O) groups is 1. The number of sulfonamides is 2. The molecule has 0 saturated carbocycles. The number of rotatable bonds is 8. The number of hydrogen-bond donors (Lipinski definition) is 1. The summed E-state index contributed by atoms with van der Waals surface area (Å²) in [5.74, 6) is -0.735. The van der Waals surface area contributed by atoms with Crippen LogP contribution in [0, 0.1) is 5.92 Å². The van der Waals surface area contributed by atoms with E-state index in [2.05, 4.69) is 5.32 Å². The van der Waals surface area contributed by atoms with Crippen LogP contribution in [0.5, 0.6) is 5.75 Å². The maximum Gasteiger partial charge on any atom is 0.264 e. The average molecular weight is 639 g/mol. The van der Waals surface area contributed by atoms with Crippen LogP contribution in [0.25, 0.3) is 0 Å². The van der Waals surface area contributed by atoms with Gasteiger partial charge in [0.25, 0.3) is 10.0 Å². The highest BCUT2D eigenvalue weighted by Crippen LogP contribution is 2.36. The third kappa shape index (κ3) is 6.05. The second-order valence-electron chi connectivity index (χ2n) is 9.84. The quantitative estimate of drug-likeness (QED) is 0.364. The van der Waals surface area contributed by atoms with Crippen molar-refractivity contribution in [3.63, 3.8) is 0 Å². The van der Waals surface area contributed by atoms with Crippen LogP contribution in [0.1, 0.15) is 25.3 Å². The van der Waals surface area contributed by atoms with Crippen molar-refractivity contribution in [2.45, 2.75) is 36.0 Å². The molecule has 0 unspecified atom stereocenters. The first kappa shape index (κ1) is 29.7. The summed E-state index contributed by atoms with van der Waals surface area (Å²) < 4.78 is 61.9. The Morgan fingerprint density at radius 2 is 1.68 bits per heavy atom. The van der Waals surface area contributed by atoms with Crippen LogP contribution >= 0.6 is 23.2 Å². The van der Waals surface area contributed by atoms with E-state index in [-0.39, 0.29) is 52.7 Å². The van der Waals surface area contributed by atoms with Gasteiger partial charge in [-0.2, -0.15) is 4.31 Å². The third-order valence-corrected chi connectivity index (χ3v) is 11.4. The predicted octanol–water partition coefficient (Wildman–Crippen LogP) is 5.18. The molecule has 0 aromatic heterocycles. The highest BCUT2D eigenvalue weighted by Gasteiger charge is 2.36. The summed E-state index contributed by atoms with van der Waals surface area (Å²) in [5.41, 5.74) is 1.78. The van der Waals surface area contributed by atoms with Gasteiger partial charge in [-0.1, -0.05) is 29.3 Å². The molecule has 0 bridgehead atoms. The lowest BCUT2D eigenvalue weighted by Crippen LogP contribution is -2.43.